The van der Waals surface area contributed by atoms with Gasteiger partial charge in [0, 0.05) is 5.56 Å². The quantitative estimate of drug-likeness (QED) is 0.863. The highest BCUT2D eigenvalue weighted by Crippen LogP contribution is 2.27. The standard InChI is InChI=1S/C14H16FNO/c1-8-6-9(2)13(11(15)7-8)14(16)12-5-4-10(3)17-12/h4-7,14H,16H2,1-3H3. The van der Waals surface area contributed by atoms with Crippen LogP contribution in [-0.4, -0.2) is 0 Å². The SMILES string of the molecule is Cc1cc(C)c(C(N)c2ccc(C)o2)c(F)c1. The van der Waals surface area contributed by atoms with Crippen LogP contribution in [0, 0.1) is 26.6 Å². The molecule has 0 radical (unpaired) electrons. The first-order valence-electron chi connectivity index (χ1n) is 5.57. The van der Waals surface area contributed by atoms with Crippen LogP contribution >= 0.6 is 0 Å². The highest BCUT2D eigenvalue weighted by molar-refractivity contribution is 5.37. The molecule has 0 aliphatic carbocycles. The minimum absolute atomic E-state index is 0.274. The lowest BCUT2D eigenvalue weighted by atomic mass is 9.97. The molecule has 1 atom stereocenters. The van der Waals surface area contributed by atoms with E-state index in [4.69, 9.17) is 10.2 Å². The fourth-order valence-electron chi connectivity index (χ4n) is 2.08. The van der Waals surface area contributed by atoms with Gasteiger partial charge in [0.2, 0.25) is 0 Å². The maximum absolute atomic E-state index is 13.9. The van der Waals surface area contributed by atoms with Crippen LogP contribution < -0.4 is 5.73 Å². The Kier molecular flexibility index (Phi) is 3.03. The molecule has 2 rings (SSSR count). The molecule has 2 nitrogen and oxygen atoms in total. The third-order valence-corrected chi connectivity index (χ3v) is 2.86. The molecule has 1 aromatic carbocycles. The summed E-state index contributed by atoms with van der Waals surface area (Å²) in [6.07, 6.45) is 0. The first-order valence-corrected chi connectivity index (χ1v) is 5.57. The summed E-state index contributed by atoms with van der Waals surface area (Å²) in [5.41, 5.74) is 8.30. The molecule has 0 spiro atoms. The molecule has 2 N–H and O–H groups in total. The number of benzene rings is 1. The van der Waals surface area contributed by atoms with Crippen molar-refractivity contribution in [1.82, 2.24) is 0 Å². The van der Waals surface area contributed by atoms with Crippen LogP contribution in [-0.2, 0) is 0 Å². The van der Waals surface area contributed by atoms with Gasteiger partial charge in [-0.3, -0.25) is 0 Å². The van der Waals surface area contributed by atoms with Crippen LogP contribution in [0.4, 0.5) is 4.39 Å². The van der Waals surface area contributed by atoms with Crippen LogP contribution in [0.15, 0.2) is 28.7 Å². The minimum Gasteiger partial charge on any atom is -0.464 e. The molecule has 0 saturated carbocycles. The Bertz CT molecular complexity index is 522. The van der Waals surface area contributed by atoms with E-state index < -0.39 is 6.04 Å². The molecule has 3 heteroatoms. The van der Waals surface area contributed by atoms with Gasteiger partial charge in [-0.2, -0.15) is 0 Å². The summed E-state index contributed by atoms with van der Waals surface area (Å²) in [6.45, 7) is 5.57. The molecule has 0 bridgehead atoms. The first kappa shape index (κ1) is 11.9. The lowest BCUT2D eigenvalue weighted by molar-refractivity contribution is 0.458. The molecule has 1 aromatic heterocycles. The molecule has 0 aliphatic heterocycles. The van der Waals surface area contributed by atoms with Crippen LogP contribution in [0.1, 0.15) is 34.3 Å². The molecule has 1 heterocycles. The second kappa shape index (κ2) is 4.34. The van der Waals surface area contributed by atoms with Crippen molar-refractivity contribution in [2.24, 2.45) is 5.73 Å². The van der Waals surface area contributed by atoms with E-state index in [1.165, 1.54) is 6.07 Å². The lowest BCUT2D eigenvalue weighted by Gasteiger charge is -2.14. The predicted octanol–water partition coefficient (Wildman–Crippen LogP) is 3.39. The van der Waals surface area contributed by atoms with E-state index in [-0.39, 0.29) is 5.82 Å². The largest absolute Gasteiger partial charge is 0.464 e. The smallest absolute Gasteiger partial charge is 0.128 e. The topological polar surface area (TPSA) is 39.2 Å². The van der Waals surface area contributed by atoms with Gasteiger partial charge in [0.25, 0.3) is 0 Å². The molecular formula is C14H16FNO. The van der Waals surface area contributed by atoms with Gasteiger partial charge in [0.05, 0.1) is 6.04 Å². The predicted molar refractivity (Wildman–Crippen MR) is 65.3 cm³/mol. The summed E-state index contributed by atoms with van der Waals surface area (Å²) >= 11 is 0. The average molecular weight is 233 g/mol. The maximum atomic E-state index is 13.9. The van der Waals surface area contributed by atoms with Crippen molar-refractivity contribution in [3.63, 3.8) is 0 Å². The normalized spacial score (nSPS) is 12.8. The van der Waals surface area contributed by atoms with E-state index in [1.54, 1.807) is 6.07 Å². The van der Waals surface area contributed by atoms with Gasteiger partial charge in [-0.05, 0) is 50.1 Å². The zero-order valence-corrected chi connectivity index (χ0v) is 10.3. The Morgan fingerprint density at radius 2 is 1.88 bits per heavy atom. The van der Waals surface area contributed by atoms with E-state index in [2.05, 4.69) is 0 Å². The van der Waals surface area contributed by atoms with Crippen molar-refractivity contribution < 1.29 is 8.81 Å². The van der Waals surface area contributed by atoms with E-state index in [1.807, 2.05) is 32.9 Å². The number of hydrogen-bond donors (Lipinski definition) is 1. The van der Waals surface area contributed by atoms with Gasteiger partial charge in [-0.25, -0.2) is 4.39 Å². The molecule has 0 amide bonds. The van der Waals surface area contributed by atoms with Crippen molar-refractivity contribution in [3.8, 4) is 0 Å². The second-order valence-electron chi connectivity index (χ2n) is 4.40. The molecule has 0 aliphatic rings. The Balaban J connectivity index is 2.47. The molecule has 17 heavy (non-hydrogen) atoms. The van der Waals surface area contributed by atoms with E-state index in [0.29, 0.717) is 11.3 Å². The third kappa shape index (κ3) is 2.24. The first-order chi connectivity index (χ1) is 7.99. The number of nitrogens with two attached hydrogens (primary N) is 1. The van der Waals surface area contributed by atoms with Crippen LogP contribution in [0.5, 0.6) is 0 Å². The van der Waals surface area contributed by atoms with Crippen molar-refractivity contribution in [2.45, 2.75) is 26.8 Å². The van der Waals surface area contributed by atoms with Gasteiger partial charge in [-0.15, -0.1) is 0 Å². The Hall–Kier alpha value is -1.61. The molecule has 0 fully saturated rings. The summed E-state index contributed by atoms with van der Waals surface area (Å²) in [4.78, 5) is 0. The zero-order chi connectivity index (χ0) is 12.6. The number of halogens is 1. The van der Waals surface area contributed by atoms with Crippen LogP contribution in [0.2, 0.25) is 0 Å². The molecule has 1 unspecified atom stereocenters. The van der Waals surface area contributed by atoms with Gasteiger partial charge >= 0.3 is 0 Å². The highest BCUT2D eigenvalue weighted by Gasteiger charge is 2.19. The van der Waals surface area contributed by atoms with Crippen molar-refractivity contribution in [3.05, 3.63) is 58.3 Å². The van der Waals surface area contributed by atoms with Crippen molar-refractivity contribution in [2.75, 3.05) is 0 Å². The molecule has 90 valence electrons. The second-order valence-corrected chi connectivity index (χ2v) is 4.40. The Morgan fingerprint density at radius 1 is 1.18 bits per heavy atom. The summed E-state index contributed by atoms with van der Waals surface area (Å²) in [6, 6.07) is 6.49. The summed E-state index contributed by atoms with van der Waals surface area (Å²) in [5.74, 6) is 1.10. The van der Waals surface area contributed by atoms with E-state index >= 15 is 0 Å². The van der Waals surface area contributed by atoms with Gasteiger partial charge in [0.15, 0.2) is 0 Å². The Labute approximate surface area is 100 Å². The fraction of sp³-hybridized carbons (Fsp3) is 0.286. The lowest BCUT2D eigenvalue weighted by Crippen LogP contribution is -2.14. The highest BCUT2D eigenvalue weighted by atomic mass is 19.1. The monoisotopic (exact) mass is 233 g/mol. The summed E-state index contributed by atoms with van der Waals surface area (Å²) in [7, 11) is 0. The number of rotatable bonds is 2. The van der Waals surface area contributed by atoms with E-state index in [0.717, 1.165) is 16.9 Å². The number of hydrogen-bond acceptors (Lipinski definition) is 2. The van der Waals surface area contributed by atoms with Crippen LogP contribution in [0.3, 0.4) is 0 Å². The van der Waals surface area contributed by atoms with Crippen molar-refractivity contribution in [1.29, 1.82) is 0 Å². The van der Waals surface area contributed by atoms with Gasteiger partial charge in [0.1, 0.15) is 17.3 Å². The third-order valence-electron chi connectivity index (χ3n) is 2.86. The van der Waals surface area contributed by atoms with Crippen molar-refractivity contribution >= 4 is 0 Å². The summed E-state index contributed by atoms with van der Waals surface area (Å²) in [5, 5.41) is 0. The molecule has 0 saturated heterocycles. The zero-order valence-electron chi connectivity index (χ0n) is 10.3. The Morgan fingerprint density at radius 3 is 2.41 bits per heavy atom. The summed E-state index contributed by atoms with van der Waals surface area (Å²) < 4.78 is 19.4. The minimum atomic E-state index is -0.552. The maximum Gasteiger partial charge on any atom is 0.128 e. The number of furan rings is 1. The van der Waals surface area contributed by atoms with E-state index in [9.17, 15) is 4.39 Å². The van der Waals surface area contributed by atoms with Crippen LogP contribution in [0.25, 0.3) is 0 Å². The number of aryl methyl sites for hydroxylation is 3. The fourth-order valence-corrected chi connectivity index (χ4v) is 2.08. The van der Waals surface area contributed by atoms with Gasteiger partial charge in [-0.1, -0.05) is 6.07 Å². The molecular weight excluding hydrogens is 217 g/mol. The average Bonchev–Trinajstić information content (AvgIpc) is 2.63. The molecule has 2 aromatic rings. The van der Waals surface area contributed by atoms with Gasteiger partial charge < -0.3 is 10.2 Å².